The molecule has 0 amide bonds. The number of hydrogen-bond donors (Lipinski definition) is 1. The fourth-order valence-electron chi connectivity index (χ4n) is 1.91. The highest BCUT2D eigenvalue weighted by Gasteiger charge is 2.27. The van der Waals surface area contributed by atoms with E-state index in [-0.39, 0.29) is 12.2 Å². The van der Waals surface area contributed by atoms with E-state index in [2.05, 4.69) is 15.9 Å². The van der Waals surface area contributed by atoms with E-state index in [4.69, 9.17) is 4.74 Å². The summed E-state index contributed by atoms with van der Waals surface area (Å²) in [4.78, 5) is 0. The largest absolute Gasteiger partial charge is 0.487 e. The molecule has 1 N–H and O–H groups in total. The van der Waals surface area contributed by atoms with Gasteiger partial charge in [-0.3, -0.25) is 0 Å². The highest BCUT2D eigenvalue weighted by molar-refractivity contribution is 9.10. The summed E-state index contributed by atoms with van der Waals surface area (Å²) >= 11 is 3.42. The third-order valence-electron chi connectivity index (χ3n) is 2.85. The molecule has 0 saturated heterocycles. The third-order valence-corrected chi connectivity index (χ3v) is 3.34. The summed E-state index contributed by atoms with van der Waals surface area (Å²) in [5.74, 6) is 0.871. The number of halogens is 1. The Morgan fingerprint density at radius 3 is 2.87 bits per heavy atom. The molecule has 0 heterocycles. The van der Waals surface area contributed by atoms with Gasteiger partial charge in [-0.05, 0) is 43.9 Å². The summed E-state index contributed by atoms with van der Waals surface area (Å²) < 4.78 is 6.83. The molecule has 0 bridgehead atoms. The van der Waals surface area contributed by atoms with Crippen molar-refractivity contribution in [3.05, 3.63) is 28.2 Å². The first-order valence-corrected chi connectivity index (χ1v) is 6.07. The van der Waals surface area contributed by atoms with E-state index < -0.39 is 0 Å². The number of rotatable bonds is 2. The van der Waals surface area contributed by atoms with Gasteiger partial charge in [0.2, 0.25) is 0 Å². The van der Waals surface area contributed by atoms with E-state index in [1.807, 2.05) is 25.1 Å². The van der Waals surface area contributed by atoms with Crippen molar-refractivity contribution in [2.24, 2.45) is 0 Å². The standard InChI is InChI=1S/C12H15BrO2/c1-8-5-6-9(13)7-12(8)15-11-4-2-3-10(11)14/h5-7,10-11,14H,2-4H2,1H3/t10-,11-/m0/s1. The maximum absolute atomic E-state index is 9.67. The van der Waals surface area contributed by atoms with Gasteiger partial charge in [-0.1, -0.05) is 22.0 Å². The van der Waals surface area contributed by atoms with Crippen molar-refractivity contribution in [2.75, 3.05) is 0 Å². The SMILES string of the molecule is Cc1ccc(Br)cc1O[C@H]1CCC[C@@H]1O. The summed E-state index contributed by atoms with van der Waals surface area (Å²) in [5.41, 5.74) is 1.11. The second-order valence-corrected chi connectivity index (χ2v) is 4.98. The monoisotopic (exact) mass is 270 g/mol. The number of benzene rings is 1. The molecular formula is C12H15BrO2. The van der Waals surface area contributed by atoms with Crippen molar-refractivity contribution in [3.63, 3.8) is 0 Å². The second kappa shape index (κ2) is 4.54. The van der Waals surface area contributed by atoms with Gasteiger partial charge in [0, 0.05) is 4.47 Å². The Labute approximate surface area is 98.4 Å². The Morgan fingerprint density at radius 2 is 2.20 bits per heavy atom. The van der Waals surface area contributed by atoms with Crippen LogP contribution in [0.5, 0.6) is 5.75 Å². The molecule has 1 aliphatic carbocycles. The van der Waals surface area contributed by atoms with Gasteiger partial charge in [0.25, 0.3) is 0 Å². The predicted octanol–water partition coefficient (Wildman–Crippen LogP) is 3.05. The highest BCUT2D eigenvalue weighted by Crippen LogP contribution is 2.28. The van der Waals surface area contributed by atoms with Crippen LogP contribution in [0.4, 0.5) is 0 Å². The molecule has 2 rings (SSSR count). The molecule has 2 atom stereocenters. The third kappa shape index (κ3) is 2.52. The summed E-state index contributed by atoms with van der Waals surface area (Å²) in [6.07, 6.45) is 2.53. The first-order valence-electron chi connectivity index (χ1n) is 5.27. The Bertz CT molecular complexity index is 351. The minimum Gasteiger partial charge on any atom is -0.487 e. The van der Waals surface area contributed by atoms with Gasteiger partial charge in [-0.2, -0.15) is 0 Å². The van der Waals surface area contributed by atoms with Crippen molar-refractivity contribution in [2.45, 2.75) is 38.4 Å². The number of hydrogen-bond acceptors (Lipinski definition) is 2. The van der Waals surface area contributed by atoms with Crippen LogP contribution in [-0.2, 0) is 0 Å². The van der Waals surface area contributed by atoms with E-state index >= 15 is 0 Å². The maximum Gasteiger partial charge on any atom is 0.124 e. The first-order chi connectivity index (χ1) is 7.16. The molecule has 0 spiro atoms. The van der Waals surface area contributed by atoms with Crippen LogP contribution in [0.2, 0.25) is 0 Å². The molecule has 2 nitrogen and oxygen atoms in total. The van der Waals surface area contributed by atoms with Crippen molar-refractivity contribution < 1.29 is 9.84 Å². The summed E-state index contributed by atoms with van der Waals surface area (Å²) in [6.45, 7) is 2.02. The van der Waals surface area contributed by atoms with E-state index in [9.17, 15) is 5.11 Å². The fourth-order valence-corrected chi connectivity index (χ4v) is 2.25. The van der Waals surface area contributed by atoms with Gasteiger partial charge >= 0.3 is 0 Å². The van der Waals surface area contributed by atoms with Crippen LogP contribution in [-0.4, -0.2) is 17.3 Å². The number of ether oxygens (including phenoxy) is 1. The summed E-state index contributed by atoms with van der Waals surface area (Å²) in [7, 11) is 0. The van der Waals surface area contributed by atoms with Crippen LogP contribution in [0, 0.1) is 6.92 Å². The minimum atomic E-state index is -0.302. The summed E-state index contributed by atoms with van der Waals surface area (Å²) in [6, 6.07) is 5.97. The highest BCUT2D eigenvalue weighted by atomic mass is 79.9. The van der Waals surface area contributed by atoms with Crippen LogP contribution in [0.3, 0.4) is 0 Å². The molecule has 0 unspecified atom stereocenters. The molecular weight excluding hydrogens is 256 g/mol. The van der Waals surface area contributed by atoms with Crippen molar-refractivity contribution >= 4 is 15.9 Å². The average Bonchev–Trinajstić information content (AvgIpc) is 2.58. The maximum atomic E-state index is 9.67. The zero-order chi connectivity index (χ0) is 10.8. The zero-order valence-electron chi connectivity index (χ0n) is 8.74. The van der Waals surface area contributed by atoms with Gasteiger partial charge in [-0.25, -0.2) is 0 Å². The number of aliphatic hydroxyl groups excluding tert-OH is 1. The first kappa shape index (κ1) is 11.0. The molecule has 0 radical (unpaired) electrons. The summed E-state index contributed by atoms with van der Waals surface area (Å²) in [5, 5.41) is 9.67. The molecule has 15 heavy (non-hydrogen) atoms. The van der Waals surface area contributed by atoms with Gasteiger partial charge in [0.1, 0.15) is 11.9 Å². The fraction of sp³-hybridized carbons (Fsp3) is 0.500. The topological polar surface area (TPSA) is 29.5 Å². The predicted molar refractivity (Wildman–Crippen MR) is 63.2 cm³/mol. The van der Waals surface area contributed by atoms with Crippen LogP contribution < -0.4 is 4.74 Å². The van der Waals surface area contributed by atoms with E-state index in [1.165, 1.54) is 0 Å². The zero-order valence-corrected chi connectivity index (χ0v) is 10.3. The van der Waals surface area contributed by atoms with Crippen molar-refractivity contribution in [1.82, 2.24) is 0 Å². The molecule has 82 valence electrons. The molecule has 0 aromatic heterocycles. The lowest BCUT2D eigenvalue weighted by molar-refractivity contribution is 0.0599. The Morgan fingerprint density at radius 1 is 1.40 bits per heavy atom. The molecule has 1 aromatic rings. The van der Waals surface area contributed by atoms with E-state index in [0.717, 1.165) is 35.0 Å². The minimum absolute atomic E-state index is 0.0296. The van der Waals surface area contributed by atoms with E-state index in [0.29, 0.717) is 0 Å². The smallest absolute Gasteiger partial charge is 0.124 e. The van der Waals surface area contributed by atoms with Crippen molar-refractivity contribution in [3.8, 4) is 5.75 Å². The van der Waals surface area contributed by atoms with Gasteiger partial charge < -0.3 is 9.84 Å². The van der Waals surface area contributed by atoms with Gasteiger partial charge in [-0.15, -0.1) is 0 Å². The van der Waals surface area contributed by atoms with Crippen LogP contribution in [0.15, 0.2) is 22.7 Å². The lowest BCUT2D eigenvalue weighted by Crippen LogP contribution is -2.25. The molecule has 1 aliphatic rings. The van der Waals surface area contributed by atoms with Gasteiger partial charge in [0.05, 0.1) is 6.10 Å². The molecule has 0 aliphatic heterocycles. The Balaban J connectivity index is 2.12. The lowest BCUT2D eigenvalue weighted by atomic mass is 10.2. The van der Waals surface area contributed by atoms with E-state index in [1.54, 1.807) is 0 Å². The van der Waals surface area contributed by atoms with Crippen LogP contribution in [0.25, 0.3) is 0 Å². The average molecular weight is 271 g/mol. The normalized spacial score (nSPS) is 25.5. The Hall–Kier alpha value is -0.540. The Kier molecular flexibility index (Phi) is 3.32. The van der Waals surface area contributed by atoms with Crippen LogP contribution >= 0.6 is 15.9 Å². The molecule has 1 saturated carbocycles. The van der Waals surface area contributed by atoms with Crippen LogP contribution in [0.1, 0.15) is 24.8 Å². The number of aliphatic hydroxyl groups is 1. The number of aryl methyl sites for hydroxylation is 1. The lowest BCUT2D eigenvalue weighted by Gasteiger charge is -2.18. The molecule has 1 aromatic carbocycles. The van der Waals surface area contributed by atoms with Gasteiger partial charge in [0.15, 0.2) is 0 Å². The quantitative estimate of drug-likeness (QED) is 0.895. The molecule has 1 fully saturated rings. The second-order valence-electron chi connectivity index (χ2n) is 4.06. The molecule has 3 heteroatoms. The van der Waals surface area contributed by atoms with Crippen molar-refractivity contribution in [1.29, 1.82) is 0 Å².